The summed E-state index contributed by atoms with van der Waals surface area (Å²) in [5, 5.41) is 8.64. The van der Waals surface area contributed by atoms with Crippen molar-refractivity contribution in [2.45, 2.75) is 206 Å². The number of carboxylic acid groups (broad SMARTS) is 1. The van der Waals surface area contributed by atoms with Crippen molar-refractivity contribution >= 4 is 11.9 Å². The Morgan fingerprint density at radius 3 is 1.33 bits per heavy atom. The van der Waals surface area contributed by atoms with Crippen molar-refractivity contribution in [1.82, 2.24) is 0 Å². The Morgan fingerprint density at radius 1 is 0.500 bits per heavy atom. The first-order valence-corrected chi connectivity index (χ1v) is 19.6. The van der Waals surface area contributed by atoms with Gasteiger partial charge in [-0.15, -0.1) is 0 Å². The lowest BCUT2D eigenvalue weighted by molar-refractivity contribution is -0.148. The van der Waals surface area contributed by atoms with Crippen LogP contribution in [0.25, 0.3) is 0 Å². The molecular formula is C42H74O4. The van der Waals surface area contributed by atoms with Crippen molar-refractivity contribution < 1.29 is 19.4 Å². The van der Waals surface area contributed by atoms with E-state index in [1.54, 1.807) is 0 Å². The molecule has 0 saturated carbocycles. The third-order valence-corrected chi connectivity index (χ3v) is 8.54. The van der Waals surface area contributed by atoms with Crippen molar-refractivity contribution in [2.75, 3.05) is 0 Å². The van der Waals surface area contributed by atoms with Crippen LogP contribution in [-0.2, 0) is 14.3 Å². The number of rotatable bonds is 35. The highest BCUT2D eigenvalue weighted by molar-refractivity contribution is 5.69. The second kappa shape index (κ2) is 37.4. The molecule has 0 saturated heterocycles. The first kappa shape index (κ1) is 43.9. The second-order valence-electron chi connectivity index (χ2n) is 13.2. The summed E-state index contributed by atoms with van der Waals surface area (Å²) in [7, 11) is 0. The van der Waals surface area contributed by atoms with Gasteiger partial charge in [-0.25, -0.2) is 0 Å². The normalized spacial score (nSPS) is 12.7. The van der Waals surface area contributed by atoms with Gasteiger partial charge in [-0.2, -0.15) is 0 Å². The molecule has 0 aromatic heterocycles. The molecule has 0 bridgehead atoms. The maximum Gasteiger partial charge on any atom is 0.306 e. The Balaban J connectivity index is 3.42. The van der Waals surface area contributed by atoms with Crippen LogP contribution in [0, 0.1) is 0 Å². The molecule has 0 heterocycles. The van der Waals surface area contributed by atoms with Crippen LogP contribution in [0.3, 0.4) is 0 Å². The summed E-state index contributed by atoms with van der Waals surface area (Å²) in [6, 6.07) is 0. The summed E-state index contributed by atoms with van der Waals surface area (Å²) < 4.78 is 5.63. The van der Waals surface area contributed by atoms with Gasteiger partial charge in [-0.1, -0.05) is 158 Å². The SMILES string of the molecule is CCCCC/C=C\C/C=C\C/C=C\C/C=C\CCCCCC(=O)OC(C)CCCCCCCCCCCCCCCCCC(=O)O. The molecule has 0 rings (SSSR count). The standard InChI is InChI=1S/C42H74O4/c1-3-4-5-6-7-8-9-10-11-12-13-14-18-21-24-27-30-33-36-39-42(45)46-40(2)37-34-31-28-25-22-19-16-15-17-20-23-26-29-32-35-38-41(43)44/h7-8,10-11,13-14,21,24,40H,3-6,9,12,15-20,22-23,25-39H2,1-2H3,(H,43,44)/b8-7-,11-10-,14-13-,24-21-. The summed E-state index contributed by atoms with van der Waals surface area (Å²) in [6.07, 6.45) is 51.1. The third kappa shape index (κ3) is 38.1. The minimum atomic E-state index is -0.668. The van der Waals surface area contributed by atoms with Crippen LogP contribution in [0.1, 0.15) is 200 Å². The summed E-state index contributed by atoms with van der Waals surface area (Å²) in [5.74, 6) is -0.694. The first-order chi connectivity index (χ1) is 22.6. The maximum atomic E-state index is 12.2. The minimum Gasteiger partial charge on any atom is -0.481 e. The van der Waals surface area contributed by atoms with Gasteiger partial charge in [-0.05, 0) is 77.6 Å². The highest BCUT2D eigenvalue weighted by Gasteiger charge is 2.09. The molecular weight excluding hydrogens is 568 g/mol. The van der Waals surface area contributed by atoms with E-state index in [2.05, 4.69) is 55.5 Å². The zero-order valence-corrected chi connectivity index (χ0v) is 30.4. The van der Waals surface area contributed by atoms with Crippen LogP contribution in [0.5, 0.6) is 0 Å². The Morgan fingerprint density at radius 2 is 0.870 bits per heavy atom. The number of esters is 1. The monoisotopic (exact) mass is 643 g/mol. The van der Waals surface area contributed by atoms with E-state index >= 15 is 0 Å². The van der Waals surface area contributed by atoms with Crippen molar-refractivity contribution in [2.24, 2.45) is 0 Å². The van der Waals surface area contributed by atoms with E-state index in [1.165, 1.54) is 103 Å². The number of hydrogen-bond acceptors (Lipinski definition) is 3. The lowest BCUT2D eigenvalue weighted by Gasteiger charge is -2.13. The molecule has 0 aliphatic rings. The van der Waals surface area contributed by atoms with Crippen molar-refractivity contribution in [3.05, 3.63) is 48.6 Å². The zero-order chi connectivity index (χ0) is 33.6. The summed E-state index contributed by atoms with van der Waals surface area (Å²) >= 11 is 0. The number of allylic oxidation sites excluding steroid dienone is 8. The van der Waals surface area contributed by atoms with Crippen LogP contribution >= 0.6 is 0 Å². The largest absolute Gasteiger partial charge is 0.481 e. The van der Waals surface area contributed by atoms with Gasteiger partial charge < -0.3 is 9.84 Å². The van der Waals surface area contributed by atoms with Gasteiger partial charge >= 0.3 is 11.9 Å². The first-order valence-electron chi connectivity index (χ1n) is 19.6. The predicted octanol–water partition coefficient (Wildman–Crippen LogP) is 13.6. The fraction of sp³-hybridized carbons (Fsp3) is 0.762. The third-order valence-electron chi connectivity index (χ3n) is 8.54. The lowest BCUT2D eigenvalue weighted by atomic mass is 10.0. The van der Waals surface area contributed by atoms with Gasteiger partial charge in [0.2, 0.25) is 0 Å². The van der Waals surface area contributed by atoms with Gasteiger partial charge in [0.15, 0.2) is 0 Å². The van der Waals surface area contributed by atoms with Crippen molar-refractivity contribution in [3.63, 3.8) is 0 Å². The van der Waals surface area contributed by atoms with E-state index in [0.717, 1.165) is 70.6 Å². The molecule has 1 unspecified atom stereocenters. The molecule has 1 N–H and O–H groups in total. The van der Waals surface area contributed by atoms with Crippen LogP contribution in [0.15, 0.2) is 48.6 Å². The molecule has 0 fully saturated rings. The van der Waals surface area contributed by atoms with Gasteiger partial charge in [0.05, 0.1) is 6.10 Å². The lowest BCUT2D eigenvalue weighted by Crippen LogP contribution is -2.14. The zero-order valence-electron chi connectivity index (χ0n) is 30.4. The topological polar surface area (TPSA) is 63.6 Å². The van der Waals surface area contributed by atoms with Crippen LogP contribution < -0.4 is 0 Å². The van der Waals surface area contributed by atoms with Crippen LogP contribution in [-0.4, -0.2) is 23.1 Å². The van der Waals surface area contributed by atoms with E-state index in [1.807, 2.05) is 6.92 Å². The molecule has 0 spiro atoms. The fourth-order valence-corrected chi connectivity index (χ4v) is 5.62. The molecule has 0 aromatic rings. The molecule has 1 atom stereocenters. The van der Waals surface area contributed by atoms with Gasteiger partial charge in [-0.3, -0.25) is 9.59 Å². The average Bonchev–Trinajstić information content (AvgIpc) is 3.03. The molecule has 4 heteroatoms. The van der Waals surface area contributed by atoms with E-state index < -0.39 is 5.97 Å². The van der Waals surface area contributed by atoms with E-state index in [0.29, 0.717) is 12.8 Å². The molecule has 0 aromatic carbocycles. The Kier molecular flexibility index (Phi) is 35.7. The summed E-state index contributed by atoms with van der Waals surface area (Å²) in [4.78, 5) is 22.7. The van der Waals surface area contributed by atoms with Crippen molar-refractivity contribution in [3.8, 4) is 0 Å². The van der Waals surface area contributed by atoms with E-state index in [9.17, 15) is 9.59 Å². The smallest absolute Gasteiger partial charge is 0.306 e. The van der Waals surface area contributed by atoms with Gasteiger partial charge in [0, 0.05) is 12.8 Å². The predicted molar refractivity (Wildman–Crippen MR) is 199 cm³/mol. The molecule has 0 aliphatic heterocycles. The highest BCUT2D eigenvalue weighted by atomic mass is 16.5. The number of carbonyl (C=O) groups excluding carboxylic acids is 1. The minimum absolute atomic E-state index is 0.0269. The Labute approximate surface area is 285 Å². The Bertz CT molecular complexity index is 779. The molecule has 0 aliphatic carbocycles. The van der Waals surface area contributed by atoms with E-state index in [-0.39, 0.29) is 12.1 Å². The highest BCUT2D eigenvalue weighted by Crippen LogP contribution is 2.15. The number of carboxylic acids is 1. The number of unbranched alkanes of at least 4 members (excludes halogenated alkanes) is 20. The van der Waals surface area contributed by atoms with Crippen LogP contribution in [0.2, 0.25) is 0 Å². The van der Waals surface area contributed by atoms with Crippen LogP contribution in [0.4, 0.5) is 0 Å². The van der Waals surface area contributed by atoms with Gasteiger partial charge in [0.25, 0.3) is 0 Å². The summed E-state index contributed by atoms with van der Waals surface area (Å²) in [5.41, 5.74) is 0. The van der Waals surface area contributed by atoms with Crippen molar-refractivity contribution in [1.29, 1.82) is 0 Å². The Hall–Kier alpha value is -2.10. The average molecular weight is 643 g/mol. The number of carbonyl (C=O) groups is 2. The molecule has 266 valence electrons. The second-order valence-corrected chi connectivity index (χ2v) is 13.2. The van der Waals surface area contributed by atoms with E-state index in [4.69, 9.17) is 9.84 Å². The molecule has 46 heavy (non-hydrogen) atoms. The summed E-state index contributed by atoms with van der Waals surface area (Å²) in [6.45, 7) is 4.29. The molecule has 0 amide bonds. The number of aliphatic carboxylic acids is 1. The number of ether oxygens (including phenoxy) is 1. The maximum absolute atomic E-state index is 12.2. The molecule has 0 radical (unpaired) electrons. The quantitative estimate of drug-likeness (QED) is 0.0424. The fourth-order valence-electron chi connectivity index (χ4n) is 5.62. The number of hydrogen-bond donors (Lipinski definition) is 1. The van der Waals surface area contributed by atoms with Gasteiger partial charge in [0.1, 0.15) is 0 Å². The molecule has 4 nitrogen and oxygen atoms in total.